The van der Waals surface area contributed by atoms with Crippen molar-refractivity contribution in [1.82, 2.24) is 5.32 Å². The number of hydrogen-bond acceptors (Lipinski definition) is 7. The maximum atomic E-state index is 10.9. The van der Waals surface area contributed by atoms with Crippen molar-refractivity contribution < 1.29 is 29.2 Å². The van der Waals surface area contributed by atoms with Crippen molar-refractivity contribution in [2.45, 2.75) is 18.9 Å². The van der Waals surface area contributed by atoms with Gasteiger partial charge in [-0.05, 0) is 6.42 Å². The summed E-state index contributed by atoms with van der Waals surface area (Å²) < 4.78 is 0. The molecule has 0 bridgehead atoms. The molecule has 0 aromatic carbocycles. The molecule has 1 atom stereocenters. The lowest BCUT2D eigenvalue weighted by Crippen LogP contribution is -2.42. The highest BCUT2D eigenvalue weighted by molar-refractivity contribution is 5.81. The van der Waals surface area contributed by atoms with Crippen molar-refractivity contribution in [3.05, 3.63) is 0 Å². The minimum atomic E-state index is -1.44. The first-order valence-corrected chi connectivity index (χ1v) is 3.80. The van der Waals surface area contributed by atoms with E-state index in [-0.39, 0.29) is 12.8 Å². The average molecular weight is 221 g/mol. The number of rotatable bonds is 5. The standard InChI is InChI=1S/C6H11N3O6/c7-14-4(10)2-1-3(5(11)15-8)9-6(12)13/h3,9H,1-2,7-8H2,(H,12,13). The second kappa shape index (κ2) is 6.56. The third-order valence-electron chi connectivity index (χ3n) is 1.47. The van der Waals surface area contributed by atoms with Gasteiger partial charge in [0.15, 0.2) is 0 Å². The van der Waals surface area contributed by atoms with Crippen LogP contribution >= 0.6 is 0 Å². The third-order valence-corrected chi connectivity index (χ3v) is 1.47. The molecule has 0 aliphatic heterocycles. The van der Waals surface area contributed by atoms with Crippen molar-refractivity contribution in [1.29, 1.82) is 0 Å². The average Bonchev–Trinajstić information content (AvgIpc) is 2.21. The predicted molar refractivity (Wildman–Crippen MR) is 44.7 cm³/mol. The van der Waals surface area contributed by atoms with Crippen LogP contribution in [0.4, 0.5) is 4.79 Å². The molecular weight excluding hydrogens is 210 g/mol. The van der Waals surface area contributed by atoms with Crippen LogP contribution in [0.1, 0.15) is 12.8 Å². The normalized spacial score (nSPS) is 11.3. The zero-order chi connectivity index (χ0) is 11.8. The summed E-state index contributed by atoms with van der Waals surface area (Å²) in [5.41, 5.74) is 0. The SMILES string of the molecule is NOC(=O)CCC(NC(=O)O)C(=O)ON. The van der Waals surface area contributed by atoms with E-state index < -0.39 is 24.1 Å². The predicted octanol–water partition coefficient (Wildman–Crippen LogP) is -1.76. The number of hydrogen-bond donors (Lipinski definition) is 4. The van der Waals surface area contributed by atoms with Crippen molar-refractivity contribution >= 4 is 18.0 Å². The van der Waals surface area contributed by atoms with Crippen LogP contribution in [0, 0.1) is 0 Å². The van der Waals surface area contributed by atoms with Gasteiger partial charge in [-0.2, -0.15) is 11.8 Å². The summed E-state index contributed by atoms with van der Waals surface area (Å²) in [6, 6.07) is -1.23. The number of carbonyl (C=O) groups excluding carboxylic acids is 2. The lowest BCUT2D eigenvalue weighted by molar-refractivity contribution is -0.148. The van der Waals surface area contributed by atoms with Gasteiger partial charge in [-0.15, -0.1) is 0 Å². The van der Waals surface area contributed by atoms with Crippen LogP contribution in [-0.4, -0.2) is 29.2 Å². The topological polar surface area (TPSA) is 154 Å². The fraction of sp³-hybridized carbons (Fsp3) is 0.500. The van der Waals surface area contributed by atoms with E-state index in [9.17, 15) is 14.4 Å². The smallest absolute Gasteiger partial charge is 0.405 e. The van der Waals surface area contributed by atoms with Crippen molar-refractivity contribution in [2.24, 2.45) is 11.8 Å². The number of carbonyl (C=O) groups is 3. The van der Waals surface area contributed by atoms with Crippen LogP contribution in [0.25, 0.3) is 0 Å². The summed E-state index contributed by atoms with van der Waals surface area (Å²) in [7, 11) is 0. The van der Waals surface area contributed by atoms with Crippen LogP contribution in [0.2, 0.25) is 0 Å². The molecule has 86 valence electrons. The fourth-order valence-corrected chi connectivity index (χ4v) is 0.801. The summed E-state index contributed by atoms with van der Waals surface area (Å²) in [4.78, 5) is 39.4. The Hall–Kier alpha value is -1.87. The van der Waals surface area contributed by atoms with E-state index in [4.69, 9.17) is 5.11 Å². The Morgan fingerprint density at radius 2 is 1.87 bits per heavy atom. The van der Waals surface area contributed by atoms with Crippen molar-refractivity contribution in [3.63, 3.8) is 0 Å². The zero-order valence-electron chi connectivity index (χ0n) is 7.63. The molecule has 0 aliphatic rings. The van der Waals surface area contributed by atoms with Crippen LogP contribution in [0.3, 0.4) is 0 Å². The van der Waals surface area contributed by atoms with E-state index >= 15 is 0 Å². The molecule has 0 aliphatic carbocycles. The second-order valence-corrected chi connectivity index (χ2v) is 2.47. The highest BCUT2D eigenvalue weighted by Gasteiger charge is 2.22. The van der Waals surface area contributed by atoms with Gasteiger partial charge >= 0.3 is 18.0 Å². The van der Waals surface area contributed by atoms with Gasteiger partial charge in [0.05, 0.1) is 0 Å². The molecule has 0 saturated carbocycles. The molecule has 15 heavy (non-hydrogen) atoms. The Balaban J connectivity index is 4.18. The van der Waals surface area contributed by atoms with Crippen molar-refractivity contribution in [3.8, 4) is 0 Å². The fourth-order valence-electron chi connectivity index (χ4n) is 0.801. The van der Waals surface area contributed by atoms with E-state index in [1.54, 1.807) is 0 Å². The summed E-state index contributed by atoms with van der Waals surface area (Å²) in [5.74, 6) is 7.33. The quantitative estimate of drug-likeness (QED) is 0.398. The minimum absolute atomic E-state index is 0.154. The summed E-state index contributed by atoms with van der Waals surface area (Å²) >= 11 is 0. The maximum absolute atomic E-state index is 10.9. The maximum Gasteiger partial charge on any atom is 0.405 e. The van der Waals surface area contributed by atoms with Crippen molar-refractivity contribution in [2.75, 3.05) is 0 Å². The van der Waals surface area contributed by atoms with Gasteiger partial charge in [-0.25, -0.2) is 9.59 Å². The summed E-state index contributed by atoms with van der Waals surface area (Å²) in [5, 5.41) is 10.2. The van der Waals surface area contributed by atoms with Gasteiger partial charge in [0.2, 0.25) is 0 Å². The number of nitrogens with two attached hydrogens (primary N) is 2. The van der Waals surface area contributed by atoms with Crippen LogP contribution in [0.5, 0.6) is 0 Å². The third kappa shape index (κ3) is 5.44. The van der Waals surface area contributed by atoms with E-state index in [0.29, 0.717) is 0 Å². The number of carboxylic acid groups (broad SMARTS) is 1. The molecule has 9 heteroatoms. The van der Waals surface area contributed by atoms with Crippen LogP contribution < -0.4 is 17.1 Å². The molecule has 0 fully saturated rings. The van der Waals surface area contributed by atoms with E-state index in [2.05, 4.69) is 21.5 Å². The molecule has 0 spiro atoms. The van der Waals surface area contributed by atoms with Gasteiger partial charge < -0.3 is 20.1 Å². The Bertz CT molecular complexity index is 255. The highest BCUT2D eigenvalue weighted by Crippen LogP contribution is 2.00. The van der Waals surface area contributed by atoms with Crippen LogP contribution in [0.15, 0.2) is 0 Å². The lowest BCUT2D eigenvalue weighted by atomic mass is 10.1. The molecule has 6 N–H and O–H groups in total. The summed E-state index contributed by atoms with van der Waals surface area (Å²) in [6.07, 6.45) is -1.83. The number of amides is 1. The lowest BCUT2D eigenvalue weighted by Gasteiger charge is -2.12. The van der Waals surface area contributed by atoms with Gasteiger partial charge in [-0.3, -0.25) is 4.79 Å². The molecule has 1 amide bonds. The van der Waals surface area contributed by atoms with E-state index in [1.165, 1.54) is 0 Å². The molecule has 0 saturated heterocycles. The molecule has 0 heterocycles. The Labute approximate surface area is 84.2 Å². The van der Waals surface area contributed by atoms with Gasteiger partial charge in [0.1, 0.15) is 6.04 Å². The van der Waals surface area contributed by atoms with Crippen LogP contribution in [-0.2, 0) is 19.3 Å². The van der Waals surface area contributed by atoms with Gasteiger partial charge in [0, 0.05) is 6.42 Å². The first-order valence-electron chi connectivity index (χ1n) is 3.80. The molecule has 0 rings (SSSR count). The Morgan fingerprint density at radius 1 is 1.27 bits per heavy atom. The molecule has 1 unspecified atom stereocenters. The monoisotopic (exact) mass is 221 g/mol. The Morgan fingerprint density at radius 3 is 2.27 bits per heavy atom. The first kappa shape index (κ1) is 13.1. The first-order chi connectivity index (χ1) is 7.01. The largest absolute Gasteiger partial charge is 0.465 e. The molecule has 9 nitrogen and oxygen atoms in total. The molecular formula is C6H11N3O6. The number of nitrogens with one attached hydrogen (secondary N) is 1. The molecule has 0 aromatic rings. The summed E-state index contributed by atoms with van der Waals surface area (Å²) in [6.45, 7) is 0. The second-order valence-electron chi connectivity index (χ2n) is 2.47. The molecule has 0 aromatic heterocycles. The molecule has 0 radical (unpaired) electrons. The van der Waals surface area contributed by atoms with Gasteiger partial charge in [0.25, 0.3) is 0 Å². The Kier molecular flexibility index (Phi) is 5.75. The minimum Gasteiger partial charge on any atom is -0.465 e. The van der Waals surface area contributed by atoms with Gasteiger partial charge in [-0.1, -0.05) is 0 Å². The van der Waals surface area contributed by atoms with E-state index in [0.717, 1.165) is 0 Å². The highest BCUT2D eigenvalue weighted by atomic mass is 16.7. The van der Waals surface area contributed by atoms with E-state index in [1.807, 2.05) is 5.32 Å². The zero-order valence-corrected chi connectivity index (χ0v) is 7.63.